The third-order valence-electron chi connectivity index (χ3n) is 8.21. The van der Waals surface area contributed by atoms with Crippen LogP contribution in [-0.4, -0.2) is 56.0 Å². The molecule has 2 aliphatic rings. The van der Waals surface area contributed by atoms with E-state index in [2.05, 4.69) is 20.1 Å². The number of hydrogen-bond donors (Lipinski definition) is 2. The summed E-state index contributed by atoms with van der Waals surface area (Å²) in [6, 6.07) is 0. The minimum Gasteiger partial charge on any atom is -0.462 e. The van der Waals surface area contributed by atoms with Crippen molar-refractivity contribution in [3.63, 3.8) is 0 Å². The Labute approximate surface area is 219 Å². The molecule has 0 saturated heterocycles. The third-order valence-corrected chi connectivity index (χ3v) is 8.21. The monoisotopic (exact) mass is 508 g/mol. The van der Waals surface area contributed by atoms with Gasteiger partial charge in [-0.15, -0.1) is 0 Å². The summed E-state index contributed by atoms with van der Waals surface area (Å²) in [6.45, 7) is 9.53. The molecule has 2 rings (SSSR count). The predicted molar refractivity (Wildman–Crippen MR) is 144 cm³/mol. The molecule has 0 bridgehead atoms. The second kappa shape index (κ2) is 19.6. The highest BCUT2D eigenvalue weighted by Gasteiger charge is 2.33. The Morgan fingerprint density at radius 1 is 0.972 bits per heavy atom. The maximum absolute atomic E-state index is 11.7. The Morgan fingerprint density at radius 2 is 1.58 bits per heavy atom. The zero-order valence-electron chi connectivity index (χ0n) is 22.9. The maximum atomic E-state index is 11.7. The Hall–Kier alpha value is -1.50. The Bertz CT molecular complexity index is 629. The molecule has 2 aliphatic carbocycles. The summed E-state index contributed by atoms with van der Waals surface area (Å²) in [5.74, 6) is 3.51. The molecule has 1 atom stereocenters. The van der Waals surface area contributed by atoms with Gasteiger partial charge in [-0.3, -0.25) is 4.79 Å². The molecule has 0 spiro atoms. The molecule has 36 heavy (non-hydrogen) atoms. The van der Waals surface area contributed by atoms with Crippen LogP contribution in [0.25, 0.3) is 0 Å². The van der Waals surface area contributed by atoms with Crippen molar-refractivity contribution in [3.05, 3.63) is 24.3 Å². The van der Waals surface area contributed by atoms with Gasteiger partial charge in [0.2, 0.25) is 0 Å². The second-order valence-corrected chi connectivity index (χ2v) is 10.8. The Kier molecular flexibility index (Phi) is 17.7. The highest BCUT2D eigenvalue weighted by molar-refractivity contribution is 5.87. The number of carbonyl (C=O) groups is 2. The van der Waals surface area contributed by atoms with Crippen molar-refractivity contribution < 1.29 is 29.3 Å². The Morgan fingerprint density at radius 3 is 2.06 bits per heavy atom. The largest absolute Gasteiger partial charge is 0.462 e. The smallest absolute Gasteiger partial charge is 0.335 e. The van der Waals surface area contributed by atoms with Gasteiger partial charge in [0.25, 0.3) is 0 Å². The number of aliphatic hydroxyl groups excluding tert-OH is 2. The van der Waals surface area contributed by atoms with Crippen molar-refractivity contribution in [2.75, 3.05) is 33.5 Å². The molecule has 0 aromatic heterocycles. The molecule has 6 nitrogen and oxygen atoms in total. The highest BCUT2D eigenvalue weighted by atomic mass is 16.5. The summed E-state index contributed by atoms with van der Waals surface area (Å²) < 4.78 is 10.8. The quantitative estimate of drug-likeness (QED) is 0.128. The fraction of sp³-hybridized carbons (Fsp3) is 0.800. The maximum Gasteiger partial charge on any atom is 0.335 e. The highest BCUT2D eigenvalue weighted by Crippen LogP contribution is 2.44. The second-order valence-electron chi connectivity index (χ2n) is 10.8. The number of hydrogen-bond acceptors (Lipinski definition) is 6. The minimum atomic E-state index is -0.484. The number of esters is 1. The van der Waals surface area contributed by atoms with Crippen molar-refractivity contribution in [3.8, 4) is 0 Å². The van der Waals surface area contributed by atoms with Crippen molar-refractivity contribution in [1.29, 1.82) is 0 Å². The van der Waals surface area contributed by atoms with Crippen molar-refractivity contribution >= 4 is 12.3 Å². The van der Waals surface area contributed by atoms with Crippen molar-refractivity contribution in [2.24, 2.45) is 29.6 Å². The molecule has 0 aromatic carbocycles. The van der Waals surface area contributed by atoms with E-state index >= 15 is 0 Å². The molecule has 0 aromatic rings. The standard InChI is InChI=1S/C26H46O4.C4H6O2/c1-4-5-6-7-21-8-10-22(11-9-21)23-12-14-24(15-13-23)25(19-29-3)16-17-30-26(28)20(2)18-27;1-4(2-5)3-6/h21-25,27H,2,4-19H2,1,3H3;2,6H,1,3H2. The van der Waals surface area contributed by atoms with E-state index in [1.54, 1.807) is 7.11 Å². The zero-order valence-corrected chi connectivity index (χ0v) is 22.9. The molecule has 6 heteroatoms. The van der Waals surface area contributed by atoms with E-state index < -0.39 is 5.97 Å². The fourth-order valence-electron chi connectivity index (χ4n) is 5.90. The lowest BCUT2D eigenvalue weighted by molar-refractivity contribution is -0.140. The number of unbranched alkanes of at least 4 members (excludes halogenated alkanes) is 2. The van der Waals surface area contributed by atoms with Gasteiger partial charge in [0.1, 0.15) is 6.29 Å². The molecule has 1 unspecified atom stereocenters. The first-order valence-corrected chi connectivity index (χ1v) is 14.1. The number of aldehydes is 1. The predicted octanol–water partition coefficient (Wildman–Crippen LogP) is 5.66. The van der Waals surface area contributed by atoms with E-state index in [9.17, 15) is 9.59 Å². The van der Waals surface area contributed by atoms with E-state index in [0.717, 1.165) is 30.8 Å². The molecule has 0 radical (unpaired) electrons. The summed E-state index contributed by atoms with van der Waals surface area (Å²) in [5.41, 5.74) is 0.342. The lowest BCUT2D eigenvalue weighted by atomic mass is 9.67. The number of ether oxygens (including phenoxy) is 2. The van der Waals surface area contributed by atoms with Crippen LogP contribution < -0.4 is 0 Å². The molecular weight excluding hydrogens is 456 g/mol. The van der Waals surface area contributed by atoms with Crippen molar-refractivity contribution in [1.82, 2.24) is 0 Å². The summed E-state index contributed by atoms with van der Waals surface area (Å²) in [5, 5.41) is 17.0. The Balaban J connectivity index is 0.000000960. The summed E-state index contributed by atoms with van der Waals surface area (Å²) in [6.07, 6.45) is 18.1. The molecule has 0 aliphatic heterocycles. The van der Waals surface area contributed by atoms with Crippen LogP contribution in [0.5, 0.6) is 0 Å². The van der Waals surface area contributed by atoms with Crippen LogP contribution >= 0.6 is 0 Å². The number of rotatable bonds is 15. The van der Waals surface area contributed by atoms with Gasteiger partial charge in [-0.2, -0.15) is 0 Å². The summed E-state index contributed by atoms with van der Waals surface area (Å²) in [7, 11) is 1.76. The van der Waals surface area contributed by atoms with Crippen LogP contribution in [-0.2, 0) is 19.1 Å². The molecule has 2 fully saturated rings. The van der Waals surface area contributed by atoms with Crippen LogP contribution in [0, 0.1) is 29.6 Å². The number of carbonyl (C=O) groups excluding carboxylic acids is 2. The van der Waals surface area contributed by atoms with E-state index in [1.807, 2.05) is 0 Å². The minimum absolute atomic E-state index is 0.124. The van der Waals surface area contributed by atoms with E-state index in [1.165, 1.54) is 77.0 Å². The van der Waals surface area contributed by atoms with Crippen LogP contribution in [0.4, 0.5) is 0 Å². The molecule has 0 amide bonds. The summed E-state index contributed by atoms with van der Waals surface area (Å²) in [4.78, 5) is 21.2. The van der Waals surface area contributed by atoms with Crippen LogP contribution in [0.1, 0.15) is 90.4 Å². The van der Waals surface area contributed by atoms with Gasteiger partial charge in [-0.25, -0.2) is 4.79 Å². The lowest BCUT2D eigenvalue weighted by Crippen LogP contribution is -2.30. The van der Waals surface area contributed by atoms with Gasteiger partial charge in [0.05, 0.1) is 25.4 Å². The first-order chi connectivity index (χ1) is 17.4. The van der Waals surface area contributed by atoms with Crippen molar-refractivity contribution in [2.45, 2.75) is 90.4 Å². The molecular formula is C30H52O6. The van der Waals surface area contributed by atoms with Gasteiger partial charge in [0.15, 0.2) is 0 Å². The summed E-state index contributed by atoms with van der Waals surface area (Å²) >= 11 is 0. The first kappa shape index (κ1) is 32.5. The van der Waals surface area contributed by atoms with Gasteiger partial charge in [0, 0.05) is 19.3 Å². The van der Waals surface area contributed by atoms with Gasteiger partial charge >= 0.3 is 5.97 Å². The topological polar surface area (TPSA) is 93.1 Å². The fourth-order valence-corrected chi connectivity index (χ4v) is 5.90. The van der Waals surface area contributed by atoms with E-state index in [0.29, 0.717) is 24.7 Å². The van der Waals surface area contributed by atoms with Gasteiger partial charge < -0.3 is 19.7 Å². The van der Waals surface area contributed by atoms with E-state index in [-0.39, 0.29) is 24.4 Å². The van der Waals surface area contributed by atoms with E-state index in [4.69, 9.17) is 19.7 Å². The lowest BCUT2D eigenvalue weighted by Gasteiger charge is -2.39. The average molecular weight is 509 g/mol. The molecule has 0 heterocycles. The van der Waals surface area contributed by atoms with Crippen LogP contribution in [0.2, 0.25) is 0 Å². The normalized spacial score (nSPS) is 24.7. The number of methoxy groups -OCH3 is 1. The first-order valence-electron chi connectivity index (χ1n) is 14.1. The van der Waals surface area contributed by atoms with Gasteiger partial charge in [-0.05, 0) is 74.5 Å². The third kappa shape index (κ3) is 12.6. The zero-order chi connectivity index (χ0) is 26.8. The molecule has 2 N–H and O–H groups in total. The van der Waals surface area contributed by atoms with Crippen LogP contribution in [0.3, 0.4) is 0 Å². The molecule has 208 valence electrons. The number of aliphatic hydroxyl groups is 2. The van der Waals surface area contributed by atoms with Gasteiger partial charge in [-0.1, -0.05) is 58.6 Å². The molecule has 2 saturated carbocycles. The SMILES string of the molecule is C=C(C=O)CO.C=C(CO)C(=O)OCCC(COC)C1CCC(C2CCC(CCCCC)CC2)CC1. The van der Waals surface area contributed by atoms with Crippen LogP contribution in [0.15, 0.2) is 24.3 Å². The average Bonchev–Trinajstić information content (AvgIpc) is 2.92.